The Kier molecular flexibility index (Phi) is 2.24. The first kappa shape index (κ1) is 9.54. The van der Waals surface area contributed by atoms with Crippen molar-refractivity contribution in [3.05, 3.63) is 10.6 Å². The van der Waals surface area contributed by atoms with Gasteiger partial charge in [-0.3, -0.25) is 0 Å². The Morgan fingerprint density at radius 3 is 2.93 bits per heavy atom. The van der Waals surface area contributed by atoms with Gasteiger partial charge in [0, 0.05) is 6.61 Å². The third-order valence-electron chi connectivity index (χ3n) is 2.39. The number of nitrogen functional groups attached to an aromatic ring is 1. The van der Waals surface area contributed by atoms with Crippen LogP contribution in [0, 0.1) is 4.77 Å². The van der Waals surface area contributed by atoms with Crippen molar-refractivity contribution in [1.29, 1.82) is 0 Å². The lowest BCUT2D eigenvalue weighted by atomic mass is 10.0. The largest absolute Gasteiger partial charge is 0.369 e. The number of hydrogen-bond acceptors (Lipinski definition) is 5. The molecule has 1 aromatic heterocycles. The topological polar surface area (TPSA) is 76.8 Å². The molecule has 0 aliphatic carbocycles. The summed E-state index contributed by atoms with van der Waals surface area (Å²) in [6, 6.07) is 0. The van der Waals surface area contributed by atoms with Gasteiger partial charge in [0.15, 0.2) is 0 Å². The molecule has 5 nitrogen and oxygen atoms in total. The third-order valence-corrected chi connectivity index (χ3v) is 2.57. The second kappa shape index (κ2) is 3.29. The van der Waals surface area contributed by atoms with Gasteiger partial charge in [0.2, 0.25) is 10.7 Å². The summed E-state index contributed by atoms with van der Waals surface area (Å²) >= 11 is 4.89. The molecule has 76 valence electrons. The van der Waals surface area contributed by atoms with Crippen molar-refractivity contribution >= 4 is 18.2 Å². The summed E-state index contributed by atoms with van der Waals surface area (Å²) in [5, 5.41) is 0. The molecule has 0 amide bonds. The Morgan fingerprint density at radius 2 is 2.36 bits per heavy atom. The SMILES string of the molecule is CC1(c2nc(=S)nc(N)[nH]2)CCCO1. The minimum Gasteiger partial charge on any atom is -0.369 e. The molecule has 1 aromatic rings. The van der Waals surface area contributed by atoms with E-state index in [0.717, 1.165) is 19.4 Å². The third kappa shape index (κ3) is 1.62. The quantitative estimate of drug-likeness (QED) is 0.683. The van der Waals surface area contributed by atoms with Crippen molar-refractivity contribution in [2.75, 3.05) is 12.3 Å². The zero-order chi connectivity index (χ0) is 10.2. The van der Waals surface area contributed by atoms with E-state index in [9.17, 15) is 0 Å². The Balaban J connectivity index is 2.45. The number of H-pyrrole nitrogens is 1. The molecule has 0 aromatic carbocycles. The molecule has 1 saturated heterocycles. The van der Waals surface area contributed by atoms with E-state index in [1.165, 1.54) is 0 Å². The molecule has 1 atom stereocenters. The van der Waals surface area contributed by atoms with Crippen molar-refractivity contribution in [1.82, 2.24) is 15.0 Å². The number of ether oxygens (including phenoxy) is 1. The van der Waals surface area contributed by atoms with Crippen LogP contribution in [0.5, 0.6) is 0 Å². The minimum atomic E-state index is -0.384. The summed E-state index contributed by atoms with van der Waals surface area (Å²) in [6.45, 7) is 2.73. The van der Waals surface area contributed by atoms with E-state index < -0.39 is 0 Å². The van der Waals surface area contributed by atoms with Gasteiger partial charge in [-0.25, -0.2) is 4.98 Å². The predicted octanol–water partition coefficient (Wildman–Crippen LogP) is 1.14. The van der Waals surface area contributed by atoms with Crippen molar-refractivity contribution in [3.63, 3.8) is 0 Å². The maximum atomic E-state index is 5.61. The van der Waals surface area contributed by atoms with Crippen molar-refractivity contribution < 1.29 is 4.74 Å². The van der Waals surface area contributed by atoms with Gasteiger partial charge in [0.05, 0.1) is 0 Å². The molecule has 1 fully saturated rings. The molecular weight excluding hydrogens is 200 g/mol. The molecule has 1 aliphatic rings. The first-order valence-electron chi connectivity index (χ1n) is 4.48. The fraction of sp³-hybridized carbons (Fsp3) is 0.625. The highest BCUT2D eigenvalue weighted by atomic mass is 32.1. The number of rotatable bonds is 1. The fourth-order valence-electron chi connectivity index (χ4n) is 1.62. The van der Waals surface area contributed by atoms with Crippen LogP contribution < -0.4 is 5.73 Å². The molecule has 3 N–H and O–H groups in total. The molecule has 2 heterocycles. The highest BCUT2D eigenvalue weighted by molar-refractivity contribution is 7.71. The molecule has 0 saturated carbocycles. The van der Waals surface area contributed by atoms with E-state index in [4.69, 9.17) is 22.7 Å². The van der Waals surface area contributed by atoms with Gasteiger partial charge in [0.25, 0.3) is 0 Å². The molecule has 0 bridgehead atoms. The van der Waals surface area contributed by atoms with Crippen LogP contribution in [-0.4, -0.2) is 21.6 Å². The zero-order valence-corrected chi connectivity index (χ0v) is 8.73. The second-order valence-corrected chi connectivity index (χ2v) is 3.91. The average molecular weight is 212 g/mol. The first-order valence-corrected chi connectivity index (χ1v) is 4.89. The predicted molar refractivity (Wildman–Crippen MR) is 54.2 cm³/mol. The van der Waals surface area contributed by atoms with Gasteiger partial charge in [-0.2, -0.15) is 4.98 Å². The summed E-state index contributed by atoms with van der Waals surface area (Å²) in [7, 11) is 0. The molecule has 1 aliphatic heterocycles. The Bertz CT molecular complexity index is 397. The maximum Gasteiger partial charge on any atom is 0.224 e. The normalized spacial score (nSPS) is 26.6. The van der Waals surface area contributed by atoms with E-state index in [2.05, 4.69) is 15.0 Å². The molecule has 2 rings (SSSR count). The molecule has 0 spiro atoms. The van der Waals surface area contributed by atoms with Gasteiger partial charge < -0.3 is 15.5 Å². The van der Waals surface area contributed by atoms with Crippen LogP contribution >= 0.6 is 12.2 Å². The summed E-state index contributed by atoms with van der Waals surface area (Å²) in [5.74, 6) is 0.962. The van der Waals surface area contributed by atoms with E-state index in [-0.39, 0.29) is 16.3 Å². The van der Waals surface area contributed by atoms with Gasteiger partial charge in [0.1, 0.15) is 11.4 Å². The van der Waals surface area contributed by atoms with E-state index in [1.807, 2.05) is 6.92 Å². The van der Waals surface area contributed by atoms with E-state index in [0.29, 0.717) is 5.82 Å². The number of anilines is 1. The van der Waals surface area contributed by atoms with E-state index in [1.54, 1.807) is 0 Å². The maximum absolute atomic E-state index is 5.61. The van der Waals surface area contributed by atoms with Crippen LogP contribution in [-0.2, 0) is 10.3 Å². The fourth-order valence-corrected chi connectivity index (χ4v) is 1.81. The standard InChI is InChI=1S/C8H12N4OS/c1-8(3-2-4-13-8)5-10-6(9)12-7(14)11-5/h2-4H2,1H3,(H3,9,10,11,12,14). The van der Waals surface area contributed by atoms with Gasteiger partial charge >= 0.3 is 0 Å². The summed E-state index contributed by atoms with van der Waals surface area (Å²) in [4.78, 5) is 10.8. The second-order valence-electron chi connectivity index (χ2n) is 3.55. The van der Waals surface area contributed by atoms with Crippen molar-refractivity contribution in [3.8, 4) is 0 Å². The lowest BCUT2D eigenvalue weighted by molar-refractivity contribution is 0.00918. The Labute approximate surface area is 86.7 Å². The smallest absolute Gasteiger partial charge is 0.224 e. The minimum absolute atomic E-state index is 0.257. The van der Waals surface area contributed by atoms with Crippen LogP contribution in [0.2, 0.25) is 0 Å². The van der Waals surface area contributed by atoms with Crippen molar-refractivity contribution in [2.45, 2.75) is 25.4 Å². The Hall–Kier alpha value is -1.01. The highest BCUT2D eigenvalue weighted by Gasteiger charge is 2.34. The monoisotopic (exact) mass is 212 g/mol. The lowest BCUT2D eigenvalue weighted by Gasteiger charge is -2.21. The number of aromatic amines is 1. The average Bonchev–Trinajstić information content (AvgIpc) is 2.52. The number of aromatic nitrogens is 3. The molecule has 14 heavy (non-hydrogen) atoms. The summed E-state index contributed by atoms with van der Waals surface area (Å²) in [5.41, 5.74) is 5.17. The molecule has 6 heteroatoms. The van der Waals surface area contributed by atoms with Crippen molar-refractivity contribution in [2.24, 2.45) is 0 Å². The number of nitrogens with one attached hydrogen (secondary N) is 1. The van der Waals surface area contributed by atoms with Gasteiger partial charge in [-0.15, -0.1) is 0 Å². The van der Waals surface area contributed by atoms with Crippen LogP contribution in [0.15, 0.2) is 0 Å². The van der Waals surface area contributed by atoms with Crippen LogP contribution in [0.1, 0.15) is 25.6 Å². The highest BCUT2D eigenvalue weighted by Crippen LogP contribution is 2.33. The molecule has 0 radical (unpaired) electrons. The number of hydrogen-bond donors (Lipinski definition) is 2. The van der Waals surface area contributed by atoms with Crippen LogP contribution in [0.4, 0.5) is 5.95 Å². The summed E-state index contributed by atoms with van der Waals surface area (Å²) in [6.07, 6.45) is 1.95. The summed E-state index contributed by atoms with van der Waals surface area (Å²) < 4.78 is 5.87. The molecular formula is C8H12N4OS. The van der Waals surface area contributed by atoms with Crippen LogP contribution in [0.3, 0.4) is 0 Å². The number of nitrogens with two attached hydrogens (primary N) is 1. The molecule has 1 unspecified atom stereocenters. The lowest BCUT2D eigenvalue weighted by Crippen LogP contribution is -2.24. The van der Waals surface area contributed by atoms with Gasteiger partial charge in [-0.05, 0) is 32.0 Å². The number of nitrogens with zero attached hydrogens (tertiary/aromatic N) is 2. The zero-order valence-electron chi connectivity index (χ0n) is 7.91. The van der Waals surface area contributed by atoms with Gasteiger partial charge in [-0.1, -0.05) is 0 Å². The first-order chi connectivity index (χ1) is 6.60. The van der Waals surface area contributed by atoms with E-state index >= 15 is 0 Å². The Morgan fingerprint density at radius 1 is 1.57 bits per heavy atom. The van der Waals surface area contributed by atoms with Crippen LogP contribution in [0.25, 0.3) is 0 Å².